The maximum Gasteiger partial charge on any atom is 0.135 e. The van der Waals surface area contributed by atoms with Gasteiger partial charge in [-0.15, -0.1) is 11.6 Å². The molecule has 92 valence electrons. The molecule has 1 aromatic rings. The Hall–Kier alpha value is -0.870. The Morgan fingerprint density at radius 1 is 1.35 bits per heavy atom. The first-order valence-electron chi connectivity index (χ1n) is 6.22. The molecule has 1 fully saturated rings. The monoisotopic (exact) mass is 252 g/mol. The minimum atomic E-state index is 0.0599. The molecule has 0 spiro atoms. The highest BCUT2D eigenvalue weighted by molar-refractivity contribution is 6.21. The fraction of sp³-hybridized carbons (Fsp3) is 0.667. The van der Waals surface area contributed by atoms with Gasteiger partial charge in [0.2, 0.25) is 0 Å². The number of nitrogens with zero attached hydrogens (tertiary/aromatic N) is 3. The molecule has 0 bridgehead atoms. The number of hydrogen-bond donors (Lipinski definition) is 1. The molecule has 0 unspecified atom stereocenters. The van der Waals surface area contributed by atoms with Crippen molar-refractivity contribution in [3.63, 3.8) is 0 Å². The zero-order valence-electron chi connectivity index (χ0n) is 9.99. The van der Waals surface area contributed by atoms with E-state index in [0.29, 0.717) is 5.92 Å². The largest absolute Gasteiger partial charge is 0.354 e. The Labute approximate surface area is 106 Å². The van der Waals surface area contributed by atoms with Crippen LogP contribution in [0.25, 0.3) is 0 Å². The number of anilines is 1. The van der Waals surface area contributed by atoms with Gasteiger partial charge in [0.05, 0.1) is 11.1 Å². The number of aromatic nitrogens is 2. The van der Waals surface area contributed by atoms with Gasteiger partial charge in [0, 0.05) is 31.7 Å². The van der Waals surface area contributed by atoms with Crippen LogP contribution in [0.1, 0.15) is 35.9 Å². The van der Waals surface area contributed by atoms with Gasteiger partial charge in [-0.05, 0) is 12.3 Å². The molecule has 1 N–H and O–H groups in total. The van der Waals surface area contributed by atoms with Crippen molar-refractivity contribution < 1.29 is 0 Å². The van der Waals surface area contributed by atoms with Crippen LogP contribution < -0.4 is 10.2 Å². The summed E-state index contributed by atoms with van der Waals surface area (Å²) in [6.07, 6.45) is 2.64. The number of rotatable bonds is 1. The number of hydrogen-bond acceptors (Lipinski definition) is 4. The zero-order chi connectivity index (χ0) is 11.8. The van der Waals surface area contributed by atoms with Crippen molar-refractivity contribution in [1.29, 1.82) is 0 Å². The highest BCUT2D eigenvalue weighted by Gasteiger charge is 2.32. The fourth-order valence-electron chi connectivity index (χ4n) is 2.79. The van der Waals surface area contributed by atoms with Crippen LogP contribution in [0.5, 0.6) is 0 Å². The van der Waals surface area contributed by atoms with Crippen LogP contribution >= 0.6 is 11.6 Å². The van der Waals surface area contributed by atoms with Crippen LogP contribution in [0.4, 0.5) is 5.82 Å². The third-order valence-corrected chi connectivity index (χ3v) is 4.05. The lowest BCUT2D eigenvalue weighted by Gasteiger charge is -2.30. The topological polar surface area (TPSA) is 41.1 Å². The van der Waals surface area contributed by atoms with Gasteiger partial charge >= 0.3 is 0 Å². The van der Waals surface area contributed by atoms with Gasteiger partial charge in [-0.1, -0.05) is 6.92 Å². The molecule has 2 aliphatic rings. The van der Waals surface area contributed by atoms with E-state index in [9.17, 15) is 0 Å². The summed E-state index contributed by atoms with van der Waals surface area (Å²) in [6.45, 7) is 6.30. The van der Waals surface area contributed by atoms with Crippen molar-refractivity contribution in [2.24, 2.45) is 0 Å². The summed E-state index contributed by atoms with van der Waals surface area (Å²) in [5, 5.41) is 3.42. The number of fused-ring (bicyclic) bond motifs is 1. The molecule has 1 saturated heterocycles. The summed E-state index contributed by atoms with van der Waals surface area (Å²) in [7, 11) is 0. The molecule has 17 heavy (non-hydrogen) atoms. The number of halogens is 1. The molecule has 0 aromatic carbocycles. The first-order chi connectivity index (χ1) is 8.27. The van der Waals surface area contributed by atoms with E-state index < -0.39 is 0 Å². The molecule has 1 aliphatic heterocycles. The first kappa shape index (κ1) is 11.2. The van der Waals surface area contributed by atoms with Crippen LogP contribution in [0.2, 0.25) is 0 Å². The average molecular weight is 253 g/mol. The fourth-order valence-corrected chi connectivity index (χ4v) is 3.23. The molecule has 0 radical (unpaired) electrons. The van der Waals surface area contributed by atoms with Crippen LogP contribution in [-0.4, -0.2) is 36.1 Å². The second-order valence-electron chi connectivity index (χ2n) is 4.84. The minimum absolute atomic E-state index is 0.0599. The van der Waals surface area contributed by atoms with Crippen LogP contribution in [0, 0.1) is 0 Å². The maximum atomic E-state index is 6.33. The van der Waals surface area contributed by atoms with E-state index in [1.807, 2.05) is 0 Å². The Balaban J connectivity index is 2.00. The average Bonchev–Trinajstić information content (AvgIpc) is 2.66. The van der Waals surface area contributed by atoms with E-state index in [0.717, 1.165) is 44.1 Å². The molecule has 4 nitrogen and oxygen atoms in total. The number of piperazine rings is 1. The quantitative estimate of drug-likeness (QED) is 0.772. The van der Waals surface area contributed by atoms with Crippen molar-refractivity contribution in [1.82, 2.24) is 15.3 Å². The normalized spacial score (nSPS) is 28.2. The van der Waals surface area contributed by atoms with E-state index >= 15 is 0 Å². The minimum Gasteiger partial charge on any atom is -0.354 e. The molecule has 2 atom stereocenters. The molecule has 1 aliphatic carbocycles. The molecule has 0 saturated carbocycles. The van der Waals surface area contributed by atoms with Crippen LogP contribution in [-0.2, 0) is 0 Å². The van der Waals surface area contributed by atoms with Crippen LogP contribution in [0.15, 0.2) is 6.33 Å². The Kier molecular flexibility index (Phi) is 2.92. The van der Waals surface area contributed by atoms with Crippen molar-refractivity contribution in [3.05, 3.63) is 17.6 Å². The second-order valence-corrected chi connectivity index (χ2v) is 5.36. The lowest BCUT2D eigenvalue weighted by molar-refractivity contribution is 0.581. The van der Waals surface area contributed by atoms with Gasteiger partial charge in [-0.2, -0.15) is 0 Å². The molecular weight excluding hydrogens is 236 g/mol. The van der Waals surface area contributed by atoms with Gasteiger partial charge in [-0.25, -0.2) is 9.97 Å². The molecule has 5 heteroatoms. The lowest BCUT2D eigenvalue weighted by atomic mass is 10.1. The van der Waals surface area contributed by atoms with Crippen molar-refractivity contribution >= 4 is 17.4 Å². The smallest absolute Gasteiger partial charge is 0.135 e. The lowest BCUT2D eigenvalue weighted by Crippen LogP contribution is -2.44. The third kappa shape index (κ3) is 1.89. The van der Waals surface area contributed by atoms with E-state index in [-0.39, 0.29) is 5.38 Å². The Morgan fingerprint density at radius 2 is 2.12 bits per heavy atom. The highest BCUT2D eigenvalue weighted by Crippen LogP contribution is 2.45. The van der Waals surface area contributed by atoms with Gasteiger partial charge in [-0.3, -0.25) is 0 Å². The summed E-state index contributed by atoms with van der Waals surface area (Å²) in [4.78, 5) is 11.2. The molecule has 1 aromatic heterocycles. The highest BCUT2D eigenvalue weighted by atomic mass is 35.5. The predicted molar refractivity (Wildman–Crippen MR) is 68.7 cm³/mol. The summed E-state index contributed by atoms with van der Waals surface area (Å²) < 4.78 is 0. The van der Waals surface area contributed by atoms with Crippen molar-refractivity contribution in [2.75, 3.05) is 31.1 Å². The maximum absolute atomic E-state index is 6.33. The molecule has 3 rings (SSSR count). The standard InChI is InChI=1S/C12H17ClN4/c1-8-6-9(13)11-10(8)12(16-7-15-11)17-4-2-14-3-5-17/h7-9,14H,2-6H2,1H3/t8-,9-/m1/s1. The second kappa shape index (κ2) is 4.42. The summed E-state index contributed by atoms with van der Waals surface area (Å²) >= 11 is 6.33. The SMILES string of the molecule is C[C@@H]1C[C@@H](Cl)c2ncnc(N3CCNCC3)c21. The number of alkyl halides is 1. The zero-order valence-corrected chi connectivity index (χ0v) is 10.7. The Bertz CT molecular complexity index is 417. The van der Waals surface area contributed by atoms with Gasteiger partial charge in [0.25, 0.3) is 0 Å². The van der Waals surface area contributed by atoms with Crippen molar-refractivity contribution in [3.8, 4) is 0 Å². The van der Waals surface area contributed by atoms with E-state index in [1.165, 1.54) is 5.56 Å². The van der Waals surface area contributed by atoms with Gasteiger partial charge in [0.1, 0.15) is 12.1 Å². The van der Waals surface area contributed by atoms with Gasteiger partial charge in [0.15, 0.2) is 0 Å². The number of nitrogens with one attached hydrogen (secondary N) is 1. The van der Waals surface area contributed by atoms with Gasteiger partial charge < -0.3 is 10.2 Å². The molecular formula is C12H17ClN4. The van der Waals surface area contributed by atoms with Crippen molar-refractivity contribution in [2.45, 2.75) is 24.6 Å². The molecule has 0 amide bonds. The summed E-state index contributed by atoms with van der Waals surface area (Å²) in [5.41, 5.74) is 2.32. The van der Waals surface area contributed by atoms with Crippen LogP contribution in [0.3, 0.4) is 0 Å². The van der Waals surface area contributed by atoms with E-state index in [1.54, 1.807) is 6.33 Å². The van der Waals surface area contributed by atoms with E-state index in [4.69, 9.17) is 11.6 Å². The third-order valence-electron chi connectivity index (χ3n) is 3.66. The van der Waals surface area contributed by atoms with E-state index in [2.05, 4.69) is 27.1 Å². The Morgan fingerprint density at radius 3 is 2.88 bits per heavy atom. The summed E-state index contributed by atoms with van der Waals surface area (Å²) in [6, 6.07) is 0. The first-order valence-corrected chi connectivity index (χ1v) is 6.65. The predicted octanol–water partition coefficient (Wildman–Crippen LogP) is 1.67. The summed E-state index contributed by atoms with van der Waals surface area (Å²) in [5.74, 6) is 1.57. The molecule has 2 heterocycles.